The highest BCUT2D eigenvalue weighted by molar-refractivity contribution is 5.66. The zero-order valence-electron chi connectivity index (χ0n) is 12.4. The first-order valence-electron chi connectivity index (χ1n) is 7.39. The number of hydrogen-bond acceptors (Lipinski definition) is 3. The van der Waals surface area contributed by atoms with Crippen LogP contribution in [0.25, 0.3) is 0 Å². The maximum atomic E-state index is 10.8. The topological polar surface area (TPSA) is 69.6 Å². The van der Waals surface area contributed by atoms with Crippen LogP contribution in [0.4, 0.5) is 0 Å². The molecule has 0 aromatic heterocycles. The first kappa shape index (κ1) is 16.2. The Morgan fingerprint density at radius 2 is 1.59 bits per heavy atom. The highest BCUT2D eigenvalue weighted by Gasteiger charge is 2.28. The van der Waals surface area contributed by atoms with E-state index in [1.165, 1.54) is 5.56 Å². The Labute approximate surface area is 130 Å². The van der Waals surface area contributed by atoms with Gasteiger partial charge >= 0.3 is 5.97 Å². The molecule has 0 radical (unpaired) electrons. The van der Waals surface area contributed by atoms with Gasteiger partial charge < -0.3 is 10.2 Å². The molecule has 4 heteroatoms. The quantitative estimate of drug-likeness (QED) is 0.655. The fraction of sp³-hybridized carbons (Fsp3) is 0.278. The molecule has 0 amide bonds. The van der Waals surface area contributed by atoms with Gasteiger partial charge in [-0.25, -0.2) is 0 Å². The van der Waals surface area contributed by atoms with Crippen LogP contribution in [-0.2, 0) is 16.9 Å². The zero-order valence-corrected chi connectivity index (χ0v) is 12.4. The average molecular weight is 299 g/mol. The van der Waals surface area contributed by atoms with E-state index in [2.05, 4.69) is 5.32 Å². The lowest BCUT2D eigenvalue weighted by Gasteiger charge is -2.29. The van der Waals surface area contributed by atoms with Gasteiger partial charge in [-0.15, -0.1) is 0 Å². The summed E-state index contributed by atoms with van der Waals surface area (Å²) in [7, 11) is 0. The van der Waals surface area contributed by atoms with Crippen molar-refractivity contribution >= 4 is 5.97 Å². The highest BCUT2D eigenvalue weighted by Crippen LogP contribution is 2.23. The summed E-state index contributed by atoms with van der Waals surface area (Å²) in [5, 5.41) is 22.8. The van der Waals surface area contributed by atoms with Gasteiger partial charge in [0.15, 0.2) is 0 Å². The molecular weight excluding hydrogens is 278 g/mol. The van der Waals surface area contributed by atoms with E-state index in [1.807, 2.05) is 48.5 Å². The molecule has 4 nitrogen and oxygen atoms in total. The third-order valence-electron chi connectivity index (χ3n) is 3.63. The molecule has 0 fully saturated rings. The van der Waals surface area contributed by atoms with Gasteiger partial charge in [0.25, 0.3) is 0 Å². The molecule has 0 bridgehead atoms. The minimum Gasteiger partial charge on any atom is -0.481 e. The van der Waals surface area contributed by atoms with E-state index in [1.54, 1.807) is 12.1 Å². The normalized spacial score (nSPS) is 13.5. The van der Waals surface area contributed by atoms with Gasteiger partial charge in [0.2, 0.25) is 0 Å². The van der Waals surface area contributed by atoms with Crippen molar-refractivity contribution in [2.45, 2.75) is 25.0 Å². The van der Waals surface area contributed by atoms with Crippen LogP contribution in [0.3, 0.4) is 0 Å². The van der Waals surface area contributed by atoms with Crippen molar-refractivity contribution in [3.63, 3.8) is 0 Å². The molecule has 0 saturated carbocycles. The van der Waals surface area contributed by atoms with Gasteiger partial charge in [-0.1, -0.05) is 60.7 Å². The summed E-state index contributed by atoms with van der Waals surface area (Å²) >= 11 is 0. The SMILES string of the molecule is O=C(O)CCC(O)(NCCc1ccccc1)c1ccccc1. The van der Waals surface area contributed by atoms with Crippen LogP contribution in [0.15, 0.2) is 60.7 Å². The number of carbonyl (C=O) groups is 1. The molecule has 0 aliphatic carbocycles. The number of hydrogen-bond donors (Lipinski definition) is 3. The molecular formula is C18H21NO3. The van der Waals surface area contributed by atoms with E-state index in [-0.39, 0.29) is 12.8 Å². The molecule has 2 rings (SSSR count). The van der Waals surface area contributed by atoms with Crippen LogP contribution in [0.5, 0.6) is 0 Å². The number of benzene rings is 2. The Bertz CT molecular complexity index is 586. The second kappa shape index (κ2) is 7.73. The minimum atomic E-state index is -1.32. The molecule has 1 atom stereocenters. The molecule has 0 spiro atoms. The molecule has 116 valence electrons. The highest BCUT2D eigenvalue weighted by atomic mass is 16.4. The predicted octanol–water partition coefficient (Wildman–Crippen LogP) is 2.53. The lowest BCUT2D eigenvalue weighted by molar-refractivity contribution is -0.139. The summed E-state index contributed by atoms with van der Waals surface area (Å²) in [5.74, 6) is -0.917. The Balaban J connectivity index is 2.03. The van der Waals surface area contributed by atoms with Crippen molar-refractivity contribution in [1.29, 1.82) is 0 Å². The summed E-state index contributed by atoms with van der Waals surface area (Å²) in [6, 6.07) is 19.1. The van der Waals surface area contributed by atoms with E-state index >= 15 is 0 Å². The molecule has 0 heterocycles. The minimum absolute atomic E-state index is 0.0935. The standard InChI is InChI=1S/C18H21NO3/c20-17(21)11-13-18(22,16-9-5-2-6-10-16)19-14-12-15-7-3-1-4-8-15/h1-10,19,22H,11-14H2,(H,20,21). The Hall–Kier alpha value is -2.17. The molecule has 2 aromatic carbocycles. The monoisotopic (exact) mass is 299 g/mol. The van der Waals surface area contributed by atoms with Crippen molar-refractivity contribution < 1.29 is 15.0 Å². The third kappa shape index (κ3) is 4.69. The average Bonchev–Trinajstić information content (AvgIpc) is 2.55. The number of aliphatic carboxylic acids is 1. The van der Waals surface area contributed by atoms with Crippen LogP contribution in [0.2, 0.25) is 0 Å². The van der Waals surface area contributed by atoms with Gasteiger partial charge in [0.1, 0.15) is 5.72 Å². The molecule has 22 heavy (non-hydrogen) atoms. The summed E-state index contributed by atoms with van der Waals surface area (Å²) in [6.07, 6.45) is 0.800. The van der Waals surface area contributed by atoms with E-state index in [0.717, 1.165) is 6.42 Å². The van der Waals surface area contributed by atoms with Crippen LogP contribution in [0, 0.1) is 0 Å². The van der Waals surface area contributed by atoms with Crippen molar-refractivity contribution in [3.8, 4) is 0 Å². The van der Waals surface area contributed by atoms with Gasteiger partial charge in [-0.3, -0.25) is 10.1 Å². The Morgan fingerprint density at radius 1 is 1.00 bits per heavy atom. The summed E-state index contributed by atoms with van der Waals surface area (Å²) in [6.45, 7) is 0.565. The van der Waals surface area contributed by atoms with Crippen LogP contribution >= 0.6 is 0 Å². The van der Waals surface area contributed by atoms with E-state index in [0.29, 0.717) is 12.1 Å². The predicted molar refractivity (Wildman–Crippen MR) is 85.4 cm³/mol. The fourth-order valence-electron chi connectivity index (χ4n) is 2.39. The van der Waals surface area contributed by atoms with Gasteiger partial charge in [0.05, 0.1) is 0 Å². The number of aliphatic hydroxyl groups is 1. The summed E-state index contributed by atoms with van der Waals surface area (Å²) in [4.78, 5) is 10.8. The van der Waals surface area contributed by atoms with Crippen LogP contribution < -0.4 is 5.32 Å². The van der Waals surface area contributed by atoms with Gasteiger partial charge in [-0.2, -0.15) is 0 Å². The second-order valence-corrected chi connectivity index (χ2v) is 5.28. The molecule has 3 N–H and O–H groups in total. The second-order valence-electron chi connectivity index (χ2n) is 5.28. The molecule has 2 aromatic rings. The largest absolute Gasteiger partial charge is 0.481 e. The summed E-state index contributed by atoms with van der Waals surface area (Å²) in [5.41, 5.74) is 0.530. The van der Waals surface area contributed by atoms with Gasteiger partial charge in [0, 0.05) is 19.4 Å². The fourth-order valence-corrected chi connectivity index (χ4v) is 2.39. The van der Waals surface area contributed by atoms with E-state index in [9.17, 15) is 9.90 Å². The molecule has 0 saturated heterocycles. The number of carboxylic acids is 1. The Kier molecular flexibility index (Phi) is 5.69. The third-order valence-corrected chi connectivity index (χ3v) is 3.63. The maximum absolute atomic E-state index is 10.8. The number of rotatable bonds is 8. The van der Waals surface area contributed by atoms with Crippen LogP contribution in [0.1, 0.15) is 24.0 Å². The van der Waals surface area contributed by atoms with Crippen molar-refractivity contribution in [3.05, 3.63) is 71.8 Å². The Morgan fingerprint density at radius 3 is 2.18 bits per heavy atom. The lowest BCUT2D eigenvalue weighted by Crippen LogP contribution is -2.43. The zero-order chi connectivity index (χ0) is 15.8. The summed E-state index contributed by atoms with van der Waals surface area (Å²) < 4.78 is 0. The van der Waals surface area contributed by atoms with Gasteiger partial charge in [-0.05, 0) is 17.5 Å². The first-order valence-corrected chi connectivity index (χ1v) is 7.39. The maximum Gasteiger partial charge on any atom is 0.303 e. The van der Waals surface area contributed by atoms with Crippen molar-refractivity contribution in [1.82, 2.24) is 5.32 Å². The van der Waals surface area contributed by atoms with Crippen LogP contribution in [-0.4, -0.2) is 22.7 Å². The number of carboxylic acid groups (broad SMARTS) is 1. The molecule has 1 unspecified atom stereocenters. The number of nitrogens with one attached hydrogen (secondary N) is 1. The van der Waals surface area contributed by atoms with Crippen molar-refractivity contribution in [2.24, 2.45) is 0 Å². The van der Waals surface area contributed by atoms with E-state index < -0.39 is 11.7 Å². The first-order chi connectivity index (χ1) is 10.6. The smallest absolute Gasteiger partial charge is 0.303 e. The van der Waals surface area contributed by atoms with Crippen molar-refractivity contribution in [2.75, 3.05) is 6.54 Å². The molecule has 0 aliphatic heterocycles. The lowest BCUT2D eigenvalue weighted by atomic mass is 9.97. The molecule has 0 aliphatic rings. The van der Waals surface area contributed by atoms with E-state index in [4.69, 9.17) is 5.11 Å².